The maximum absolute atomic E-state index is 4.70. The van der Waals surface area contributed by atoms with Gasteiger partial charge in [-0.1, -0.05) is 43.3 Å². The van der Waals surface area contributed by atoms with E-state index in [-0.39, 0.29) is 24.0 Å². The highest BCUT2D eigenvalue weighted by Gasteiger charge is 2.33. The van der Waals surface area contributed by atoms with Crippen molar-refractivity contribution < 1.29 is 0 Å². The summed E-state index contributed by atoms with van der Waals surface area (Å²) >= 11 is 0. The second kappa shape index (κ2) is 7.81. The summed E-state index contributed by atoms with van der Waals surface area (Å²) in [6.45, 7) is 5.97. The van der Waals surface area contributed by atoms with E-state index in [0.29, 0.717) is 12.6 Å². The zero-order chi connectivity index (χ0) is 14.7. The maximum atomic E-state index is 4.70. The number of nitrogens with one attached hydrogen (secondary N) is 2. The molecule has 2 aromatic rings. The summed E-state index contributed by atoms with van der Waals surface area (Å²) in [6, 6.07) is 15.6. The molecule has 2 aromatic carbocycles. The lowest BCUT2D eigenvalue weighted by Crippen LogP contribution is -2.39. The summed E-state index contributed by atoms with van der Waals surface area (Å²) in [7, 11) is 0. The summed E-state index contributed by atoms with van der Waals surface area (Å²) in [5.74, 6) is 1.70. The number of hydrogen-bond acceptors (Lipinski definition) is 1. The van der Waals surface area contributed by atoms with Crippen molar-refractivity contribution in [2.75, 3.05) is 6.54 Å². The number of fused-ring (bicyclic) bond motifs is 1. The molecule has 1 saturated carbocycles. The van der Waals surface area contributed by atoms with Crippen LogP contribution in [0.15, 0.2) is 47.5 Å². The van der Waals surface area contributed by atoms with Gasteiger partial charge in [0.1, 0.15) is 0 Å². The fraction of sp³-hybridized carbons (Fsp3) is 0.389. The van der Waals surface area contributed by atoms with Crippen LogP contribution in [-0.4, -0.2) is 18.5 Å². The second-order valence-corrected chi connectivity index (χ2v) is 5.84. The van der Waals surface area contributed by atoms with Crippen molar-refractivity contribution in [3.05, 3.63) is 48.0 Å². The lowest BCUT2D eigenvalue weighted by Gasteiger charge is -2.11. The van der Waals surface area contributed by atoms with Crippen LogP contribution >= 0.6 is 24.0 Å². The summed E-state index contributed by atoms with van der Waals surface area (Å²) < 4.78 is 0. The molecular weight excluding hydrogens is 385 g/mol. The normalized spacial score (nSPS) is 20.4. The van der Waals surface area contributed by atoms with E-state index >= 15 is 0 Å². The highest BCUT2D eigenvalue weighted by molar-refractivity contribution is 14.0. The van der Waals surface area contributed by atoms with Gasteiger partial charge in [0.25, 0.3) is 0 Å². The van der Waals surface area contributed by atoms with Crippen LogP contribution in [0.2, 0.25) is 0 Å². The second-order valence-electron chi connectivity index (χ2n) is 5.84. The van der Waals surface area contributed by atoms with Gasteiger partial charge in [0, 0.05) is 12.6 Å². The lowest BCUT2D eigenvalue weighted by molar-refractivity contribution is 0.766. The van der Waals surface area contributed by atoms with Gasteiger partial charge in [0.15, 0.2) is 5.96 Å². The van der Waals surface area contributed by atoms with Gasteiger partial charge in [0.2, 0.25) is 0 Å². The predicted octanol–water partition coefficient (Wildman–Crippen LogP) is 3.92. The number of rotatable bonds is 4. The Bertz CT molecular complexity index is 654. The third-order valence-electron chi connectivity index (χ3n) is 4.01. The molecule has 0 aliphatic heterocycles. The van der Waals surface area contributed by atoms with Crippen LogP contribution in [0.5, 0.6) is 0 Å². The van der Waals surface area contributed by atoms with Crippen molar-refractivity contribution in [3.8, 4) is 0 Å². The van der Waals surface area contributed by atoms with E-state index in [1.165, 1.54) is 22.8 Å². The van der Waals surface area contributed by atoms with E-state index < -0.39 is 0 Å². The van der Waals surface area contributed by atoms with Gasteiger partial charge < -0.3 is 10.6 Å². The van der Waals surface area contributed by atoms with E-state index in [4.69, 9.17) is 4.99 Å². The minimum absolute atomic E-state index is 0. The van der Waals surface area contributed by atoms with Gasteiger partial charge in [-0.2, -0.15) is 0 Å². The van der Waals surface area contributed by atoms with Gasteiger partial charge in [-0.25, -0.2) is 4.99 Å². The average Bonchev–Trinajstić information content (AvgIpc) is 3.20. The molecule has 0 spiro atoms. The summed E-state index contributed by atoms with van der Waals surface area (Å²) in [5.41, 5.74) is 1.25. The van der Waals surface area contributed by atoms with Crippen LogP contribution in [0.25, 0.3) is 10.8 Å². The topological polar surface area (TPSA) is 36.4 Å². The molecule has 1 fully saturated rings. The van der Waals surface area contributed by atoms with E-state index in [2.05, 4.69) is 66.9 Å². The Morgan fingerprint density at radius 1 is 1.18 bits per heavy atom. The number of hydrogen-bond donors (Lipinski definition) is 2. The lowest BCUT2D eigenvalue weighted by atomic mass is 10.1. The molecule has 0 heterocycles. The van der Waals surface area contributed by atoms with Crippen LogP contribution in [-0.2, 0) is 6.54 Å². The van der Waals surface area contributed by atoms with Crippen molar-refractivity contribution in [1.82, 2.24) is 10.6 Å². The summed E-state index contributed by atoms with van der Waals surface area (Å²) in [4.78, 5) is 4.70. The zero-order valence-corrected chi connectivity index (χ0v) is 15.5. The molecule has 3 rings (SSSR count). The molecule has 4 heteroatoms. The minimum atomic E-state index is 0. The molecule has 2 N–H and O–H groups in total. The predicted molar refractivity (Wildman–Crippen MR) is 105 cm³/mol. The Kier molecular flexibility index (Phi) is 6.06. The molecule has 0 bridgehead atoms. The van der Waals surface area contributed by atoms with E-state index in [9.17, 15) is 0 Å². The smallest absolute Gasteiger partial charge is 0.191 e. The minimum Gasteiger partial charge on any atom is -0.357 e. The zero-order valence-electron chi connectivity index (χ0n) is 13.2. The molecule has 0 radical (unpaired) electrons. The van der Waals surface area contributed by atoms with Gasteiger partial charge in [-0.05, 0) is 41.7 Å². The average molecular weight is 409 g/mol. The molecular formula is C18H24IN3. The van der Waals surface area contributed by atoms with Crippen LogP contribution in [0, 0.1) is 5.92 Å². The fourth-order valence-electron chi connectivity index (χ4n) is 2.53. The molecule has 118 valence electrons. The van der Waals surface area contributed by atoms with Crippen LogP contribution < -0.4 is 10.6 Å². The molecule has 1 aliphatic carbocycles. The first-order chi connectivity index (χ1) is 10.3. The Labute approximate surface area is 149 Å². The highest BCUT2D eigenvalue weighted by atomic mass is 127. The van der Waals surface area contributed by atoms with E-state index in [1.54, 1.807) is 0 Å². The Hall–Kier alpha value is -1.30. The van der Waals surface area contributed by atoms with Gasteiger partial charge in [-0.3, -0.25) is 0 Å². The Balaban J connectivity index is 0.00000176. The van der Waals surface area contributed by atoms with Gasteiger partial charge >= 0.3 is 0 Å². The van der Waals surface area contributed by atoms with Gasteiger partial charge in [-0.15, -0.1) is 24.0 Å². The van der Waals surface area contributed by atoms with E-state index in [0.717, 1.165) is 18.4 Å². The van der Waals surface area contributed by atoms with Crippen molar-refractivity contribution in [3.63, 3.8) is 0 Å². The Morgan fingerprint density at radius 3 is 2.59 bits per heavy atom. The van der Waals surface area contributed by atoms with Crippen molar-refractivity contribution in [2.45, 2.75) is 32.9 Å². The number of benzene rings is 2. The molecule has 1 aliphatic rings. The SMILES string of the molecule is CCNC(=NCc1ccc2ccccc2c1)NC1CC1C.I. The molecule has 2 unspecified atom stereocenters. The monoisotopic (exact) mass is 409 g/mol. The van der Waals surface area contributed by atoms with Crippen molar-refractivity contribution >= 4 is 40.7 Å². The molecule has 0 saturated heterocycles. The fourth-order valence-corrected chi connectivity index (χ4v) is 2.53. The quantitative estimate of drug-likeness (QED) is 0.456. The number of guanidine groups is 1. The van der Waals surface area contributed by atoms with E-state index in [1.807, 2.05) is 0 Å². The maximum Gasteiger partial charge on any atom is 0.191 e. The van der Waals surface area contributed by atoms with Crippen LogP contribution in [0.1, 0.15) is 25.8 Å². The highest BCUT2D eigenvalue weighted by Crippen LogP contribution is 2.28. The summed E-state index contributed by atoms with van der Waals surface area (Å²) in [5, 5.41) is 9.37. The first-order valence-electron chi connectivity index (χ1n) is 7.79. The molecule has 0 amide bonds. The van der Waals surface area contributed by atoms with Gasteiger partial charge in [0.05, 0.1) is 6.54 Å². The standard InChI is InChI=1S/C18H23N3.HI/c1-3-19-18(21-17-10-13(17)2)20-12-14-8-9-15-6-4-5-7-16(15)11-14;/h4-9,11,13,17H,3,10,12H2,1-2H3,(H2,19,20,21);1H. The molecule has 22 heavy (non-hydrogen) atoms. The molecule has 0 aromatic heterocycles. The number of nitrogens with zero attached hydrogens (tertiary/aromatic N) is 1. The number of halogens is 1. The molecule has 2 atom stereocenters. The Morgan fingerprint density at radius 2 is 1.91 bits per heavy atom. The molecule has 3 nitrogen and oxygen atoms in total. The third kappa shape index (κ3) is 4.35. The number of aliphatic imine (C=N–C) groups is 1. The summed E-state index contributed by atoms with van der Waals surface area (Å²) in [6.07, 6.45) is 1.25. The first-order valence-corrected chi connectivity index (χ1v) is 7.79. The van der Waals surface area contributed by atoms with Crippen molar-refractivity contribution in [1.29, 1.82) is 0 Å². The van der Waals surface area contributed by atoms with Crippen molar-refractivity contribution in [2.24, 2.45) is 10.9 Å². The largest absolute Gasteiger partial charge is 0.357 e. The van der Waals surface area contributed by atoms with Crippen LogP contribution in [0.3, 0.4) is 0 Å². The third-order valence-corrected chi connectivity index (χ3v) is 4.01. The first kappa shape index (κ1) is 17.1. The van der Waals surface area contributed by atoms with Crippen LogP contribution in [0.4, 0.5) is 0 Å².